The summed E-state index contributed by atoms with van der Waals surface area (Å²) in [4.78, 5) is 18.8. The molecule has 4 rings (SSSR count). The highest BCUT2D eigenvalue weighted by molar-refractivity contribution is 8.15. The topological polar surface area (TPSA) is 76.0 Å². The molecule has 0 unspecified atom stereocenters. The minimum atomic E-state index is -3.13. The summed E-state index contributed by atoms with van der Waals surface area (Å²) in [6, 6.07) is 14.8. The molecule has 3 atom stereocenters. The molecular weight excluding hydrogens is 427 g/mol. The number of carbonyl (C=O) groups is 1. The predicted octanol–water partition coefficient (Wildman–Crippen LogP) is 2.89. The van der Waals surface area contributed by atoms with Crippen LogP contribution in [0.2, 0.25) is 0 Å². The Hall–Kier alpha value is -2.39. The fourth-order valence-corrected chi connectivity index (χ4v) is 7.50. The van der Waals surface area contributed by atoms with E-state index in [0.717, 1.165) is 5.56 Å². The highest BCUT2D eigenvalue weighted by Gasteiger charge is 2.48. The van der Waals surface area contributed by atoms with Gasteiger partial charge in [-0.1, -0.05) is 42.1 Å². The Morgan fingerprint density at radius 2 is 1.90 bits per heavy atom. The maximum Gasteiger partial charge on any atom is 0.288 e. The summed E-state index contributed by atoms with van der Waals surface area (Å²) in [5.41, 5.74) is 0.815. The summed E-state index contributed by atoms with van der Waals surface area (Å²) < 4.78 is 43.1. The molecule has 0 aliphatic carbocycles. The molecule has 9 heteroatoms. The predicted molar refractivity (Wildman–Crippen MR) is 115 cm³/mol. The summed E-state index contributed by atoms with van der Waals surface area (Å²) in [7, 11) is -3.13. The first-order valence-corrected chi connectivity index (χ1v) is 12.2. The van der Waals surface area contributed by atoms with E-state index in [2.05, 4.69) is 4.99 Å². The number of amides is 1. The quantitative estimate of drug-likeness (QED) is 0.700. The minimum absolute atomic E-state index is 0.0230. The molecular formula is C21H21FN2O4S2. The highest BCUT2D eigenvalue weighted by atomic mass is 32.2. The van der Waals surface area contributed by atoms with Crippen LogP contribution < -0.4 is 4.74 Å². The van der Waals surface area contributed by atoms with Gasteiger partial charge < -0.3 is 9.64 Å². The van der Waals surface area contributed by atoms with Gasteiger partial charge in [0.05, 0.1) is 17.5 Å². The number of fused-ring (bicyclic) bond motifs is 1. The first-order chi connectivity index (χ1) is 14.3. The van der Waals surface area contributed by atoms with E-state index >= 15 is 0 Å². The van der Waals surface area contributed by atoms with E-state index in [1.807, 2.05) is 23.1 Å². The Labute approximate surface area is 179 Å². The van der Waals surface area contributed by atoms with Gasteiger partial charge in [0.15, 0.2) is 21.1 Å². The lowest BCUT2D eigenvalue weighted by molar-refractivity contribution is -0.123. The molecule has 1 amide bonds. The number of para-hydroxylation sites is 1. The normalized spacial score (nSPS) is 24.6. The number of ether oxygens (including phenoxy) is 1. The summed E-state index contributed by atoms with van der Waals surface area (Å²) in [5.74, 6) is -0.121. The van der Waals surface area contributed by atoms with Gasteiger partial charge in [-0.2, -0.15) is 4.99 Å². The van der Waals surface area contributed by atoms with Crippen LogP contribution in [-0.4, -0.2) is 53.3 Å². The molecule has 2 heterocycles. The van der Waals surface area contributed by atoms with Crippen molar-refractivity contribution in [3.8, 4) is 5.75 Å². The van der Waals surface area contributed by atoms with Crippen LogP contribution in [0, 0.1) is 5.82 Å². The zero-order valence-electron chi connectivity index (χ0n) is 16.3. The largest absolute Gasteiger partial charge is 0.481 e. The van der Waals surface area contributed by atoms with E-state index < -0.39 is 21.8 Å². The van der Waals surface area contributed by atoms with Crippen LogP contribution in [0.1, 0.15) is 12.5 Å². The summed E-state index contributed by atoms with van der Waals surface area (Å²) >= 11 is 1.31. The number of halogens is 1. The fraction of sp³-hybridized carbons (Fsp3) is 0.333. The number of rotatable bonds is 5. The Kier molecular flexibility index (Phi) is 5.84. The van der Waals surface area contributed by atoms with E-state index in [0.29, 0.717) is 17.5 Å². The van der Waals surface area contributed by atoms with Crippen molar-refractivity contribution >= 4 is 32.7 Å². The smallest absolute Gasteiger partial charge is 0.288 e. The average molecular weight is 449 g/mol. The summed E-state index contributed by atoms with van der Waals surface area (Å²) in [5, 5.41) is 0.310. The van der Waals surface area contributed by atoms with Crippen molar-refractivity contribution in [1.82, 2.24) is 4.90 Å². The van der Waals surface area contributed by atoms with Crippen LogP contribution in [0.25, 0.3) is 0 Å². The lowest BCUT2D eigenvalue weighted by Gasteiger charge is -2.24. The molecule has 0 spiro atoms. The Balaban J connectivity index is 1.55. The van der Waals surface area contributed by atoms with Crippen LogP contribution in [0.15, 0.2) is 59.6 Å². The van der Waals surface area contributed by atoms with Crippen molar-refractivity contribution in [3.63, 3.8) is 0 Å². The number of hydrogen-bond acceptors (Lipinski definition) is 5. The number of sulfone groups is 1. The SMILES string of the molecule is C[C@@H](Oc1ccccc1)C(=O)N=C1S[C@@H]2CS(=O)(=O)C[C@@H]2N1Cc1ccc(F)cc1. The van der Waals surface area contributed by atoms with Gasteiger partial charge in [0.2, 0.25) is 0 Å². The molecule has 158 valence electrons. The Morgan fingerprint density at radius 1 is 1.20 bits per heavy atom. The highest BCUT2D eigenvalue weighted by Crippen LogP contribution is 2.39. The number of carbonyl (C=O) groups excluding carboxylic acids is 1. The zero-order valence-corrected chi connectivity index (χ0v) is 17.9. The standard InChI is InChI=1S/C21H21FN2O4S2/c1-14(28-17-5-3-2-4-6-17)20(25)23-21-24(11-15-7-9-16(22)10-8-15)18-12-30(26,27)13-19(18)29-21/h2-10,14,18-19H,11-13H2,1H3/t14-,18+,19-/m1/s1. The van der Waals surface area contributed by atoms with E-state index in [4.69, 9.17) is 4.74 Å². The summed E-state index contributed by atoms with van der Waals surface area (Å²) in [6.07, 6.45) is -0.780. The minimum Gasteiger partial charge on any atom is -0.481 e. The maximum absolute atomic E-state index is 13.3. The zero-order chi connectivity index (χ0) is 21.3. The van der Waals surface area contributed by atoms with E-state index in [1.165, 1.54) is 23.9 Å². The van der Waals surface area contributed by atoms with E-state index in [1.54, 1.807) is 31.2 Å². The lowest BCUT2D eigenvalue weighted by atomic mass is 10.1. The van der Waals surface area contributed by atoms with Gasteiger partial charge in [-0.25, -0.2) is 12.8 Å². The Morgan fingerprint density at radius 3 is 2.60 bits per heavy atom. The molecule has 30 heavy (non-hydrogen) atoms. The number of thioether (sulfide) groups is 1. The number of nitrogens with zero attached hydrogens (tertiary/aromatic N) is 2. The van der Waals surface area contributed by atoms with E-state index in [-0.39, 0.29) is 28.6 Å². The van der Waals surface area contributed by atoms with E-state index in [9.17, 15) is 17.6 Å². The third-order valence-electron chi connectivity index (χ3n) is 5.05. The second-order valence-corrected chi connectivity index (χ2v) is 10.7. The number of aliphatic imine (C=N–C) groups is 1. The van der Waals surface area contributed by atoms with Crippen molar-refractivity contribution in [2.75, 3.05) is 11.5 Å². The van der Waals surface area contributed by atoms with Crippen molar-refractivity contribution in [2.45, 2.75) is 30.9 Å². The molecule has 0 radical (unpaired) electrons. The molecule has 0 bridgehead atoms. The molecule has 2 aromatic carbocycles. The number of hydrogen-bond donors (Lipinski definition) is 0. The molecule has 2 aromatic rings. The third-order valence-corrected chi connectivity index (χ3v) is 8.30. The molecule has 0 aromatic heterocycles. The average Bonchev–Trinajstić information content (AvgIpc) is 3.16. The van der Waals surface area contributed by atoms with Crippen molar-refractivity contribution in [1.29, 1.82) is 0 Å². The van der Waals surface area contributed by atoms with Crippen LogP contribution in [0.3, 0.4) is 0 Å². The maximum atomic E-state index is 13.3. The first kappa shape index (κ1) is 20.9. The number of amidine groups is 1. The second kappa shape index (κ2) is 8.39. The van der Waals surface area contributed by atoms with Gasteiger partial charge in [0.25, 0.3) is 5.91 Å². The van der Waals surface area contributed by atoms with Gasteiger partial charge in [0, 0.05) is 11.8 Å². The van der Waals surface area contributed by atoms with Gasteiger partial charge >= 0.3 is 0 Å². The lowest BCUT2D eigenvalue weighted by Crippen LogP contribution is -2.37. The van der Waals surface area contributed by atoms with Crippen LogP contribution in [-0.2, 0) is 21.2 Å². The third kappa shape index (κ3) is 4.67. The molecule has 2 aliphatic heterocycles. The van der Waals surface area contributed by atoms with Gasteiger partial charge in [-0.05, 0) is 36.8 Å². The molecule has 6 nitrogen and oxygen atoms in total. The molecule has 2 fully saturated rings. The van der Waals surface area contributed by atoms with Gasteiger partial charge in [-0.15, -0.1) is 0 Å². The number of benzene rings is 2. The molecule has 2 saturated heterocycles. The van der Waals surface area contributed by atoms with Gasteiger partial charge in [-0.3, -0.25) is 4.79 Å². The second-order valence-electron chi connectivity index (χ2n) is 7.36. The fourth-order valence-electron chi connectivity index (χ4n) is 3.55. The van der Waals surface area contributed by atoms with Crippen LogP contribution in [0.4, 0.5) is 4.39 Å². The molecule has 0 N–H and O–H groups in total. The van der Waals surface area contributed by atoms with Gasteiger partial charge in [0.1, 0.15) is 11.6 Å². The summed E-state index contributed by atoms with van der Waals surface area (Å²) in [6.45, 7) is 1.98. The van der Waals surface area contributed by atoms with Crippen LogP contribution >= 0.6 is 11.8 Å². The van der Waals surface area contributed by atoms with Crippen molar-refractivity contribution < 1.29 is 22.3 Å². The van der Waals surface area contributed by atoms with Crippen molar-refractivity contribution in [2.24, 2.45) is 4.99 Å². The Bertz CT molecular complexity index is 1060. The monoisotopic (exact) mass is 448 g/mol. The molecule has 0 saturated carbocycles. The van der Waals surface area contributed by atoms with Crippen molar-refractivity contribution in [3.05, 3.63) is 66.0 Å². The molecule has 2 aliphatic rings. The van der Waals surface area contributed by atoms with Crippen LogP contribution in [0.5, 0.6) is 5.75 Å². The first-order valence-electron chi connectivity index (χ1n) is 9.53.